The van der Waals surface area contributed by atoms with Gasteiger partial charge in [-0.05, 0) is 18.2 Å². The van der Waals surface area contributed by atoms with E-state index in [-0.39, 0.29) is 17.1 Å². The van der Waals surface area contributed by atoms with Crippen LogP contribution in [-0.2, 0) is 17.1 Å². The van der Waals surface area contributed by atoms with Crippen molar-refractivity contribution in [3.05, 3.63) is 42.1 Å². The smallest absolute Gasteiger partial charge is 0.336 e. The third-order valence-electron chi connectivity index (χ3n) is 1.88. The number of aromatic carboxylic acids is 1. The summed E-state index contributed by atoms with van der Waals surface area (Å²) in [5.74, 6) is -0.918. The van der Waals surface area contributed by atoms with E-state index in [9.17, 15) is 4.79 Å². The number of hydrogen-bond donors (Lipinski definition) is 1. The van der Waals surface area contributed by atoms with E-state index >= 15 is 0 Å². The van der Waals surface area contributed by atoms with Crippen LogP contribution in [0.2, 0.25) is 0 Å². The monoisotopic (exact) mass is 236 g/mol. The second-order valence-electron chi connectivity index (χ2n) is 2.68. The van der Waals surface area contributed by atoms with Crippen LogP contribution < -0.4 is 0 Å². The molecule has 0 amide bonds. The molecule has 0 atom stereocenters. The van der Waals surface area contributed by atoms with Gasteiger partial charge in [-0.15, -0.1) is 0 Å². The normalized spacial score (nSPS) is 9.43. The zero-order valence-corrected chi connectivity index (χ0v) is 8.01. The minimum absolute atomic E-state index is 0. The number of fused-ring (bicyclic) bond motifs is 1. The standard InChI is InChI=1S/C10H7NO2.Cu/c12-10(13)8-3-1-5-9-7(8)4-2-6-11-9;/h1-6H,(H,12,13);. The average molecular weight is 237 g/mol. The number of benzene rings is 1. The summed E-state index contributed by atoms with van der Waals surface area (Å²) in [6.45, 7) is 0. The molecule has 1 radical (unpaired) electrons. The van der Waals surface area contributed by atoms with E-state index in [0.717, 1.165) is 0 Å². The van der Waals surface area contributed by atoms with Crippen molar-refractivity contribution in [1.82, 2.24) is 4.98 Å². The minimum Gasteiger partial charge on any atom is -0.478 e. The maximum Gasteiger partial charge on any atom is 0.336 e. The summed E-state index contributed by atoms with van der Waals surface area (Å²) in [6.07, 6.45) is 1.65. The molecular formula is C10H7CuNO2. The van der Waals surface area contributed by atoms with E-state index in [1.807, 2.05) is 0 Å². The summed E-state index contributed by atoms with van der Waals surface area (Å²) in [4.78, 5) is 14.8. The molecule has 0 aliphatic heterocycles. The van der Waals surface area contributed by atoms with Crippen molar-refractivity contribution in [3.63, 3.8) is 0 Å². The zero-order chi connectivity index (χ0) is 9.26. The maximum atomic E-state index is 10.8. The van der Waals surface area contributed by atoms with Crippen molar-refractivity contribution >= 4 is 16.9 Å². The molecular weight excluding hydrogens is 230 g/mol. The number of carboxylic acid groups (broad SMARTS) is 1. The molecule has 0 saturated carbocycles. The summed E-state index contributed by atoms with van der Waals surface area (Å²) in [7, 11) is 0. The molecule has 0 bridgehead atoms. The molecule has 1 N–H and O–H groups in total. The van der Waals surface area contributed by atoms with Gasteiger partial charge < -0.3 is 5.11 Å². The first-order valence-electron chi connectivity index (χ1n) is 3.86. The molecule has 1 aromatic carbocycles. The van der Waals surface area contributed by atoms with Crippen LogP contribution >= 0.6 is 0 Å². The van der Waals surface area contributed by atoms with Gasteiger partial charge in [0.25, 0.3) is 0 Å². The number of hydrogen-bond acceptors (Lipinski definition) is 2. The summed E-state index contributed by atoms with van der Waals surface area (Å²) >= 11 is 0. The van der Waals surface area contributed by atoms with E-state index in [1.165, 1.54) is 0 Å². The second kappa shape index (κ2) is 4.22. The van der Waals surface area contributed by atoms with Gasteiger partial charge in [0.1, 0.15) is 0 Å². The third kappa shape index (κ3) is 1.76. The van der Waals surface area contributed by atoms with E-state index in [2.05, 4.69) is 4.98 Å². The van der Waals surface area contributed by atoms with Gasteiger partial charge in [0.15, 0.2) is 0 Å². The molecule has 0 aliphatic rings. The molecule has 75 valence electrons. The van der Waals surface area contributed by atoms with E-state index < -0.39 is 5.97 Å². The Bertz CT molecular complexity index is 465. The molecule has 0 aliphatic carbocycles. The molecule has 4 heteroatoms. The van der Waals surface area contributed by atoms with Crippen molar-refractivity contribution in [2.45, 2.75) is 0 Å². The van der Waals surface area contributed by atoms with Crippen molar-refractivity contribution in [3.8, 4) is 0 Å². The molecule has 2 rings (SSSR count). The third-order valence-corrected chi connectivity index (χ3v) is 1.88. The van der Waals surface area contributed by atoms with Gasteiger partial charge >= 0.3 is 5.97 Å². The number of carbonyl (C=O) groups is 1. The molecule has 0 fully saturated rings. The van der Waals surface area contributed by atoms with Crippen LogP contribution in [0.25, 0.3) is 10.9 Å². The Hall–Kier alpha value is -1.38. The predicted octanol–water partition coefficient (Wildman–Crippen LogP) is 1.93. The van der Waals surface area contributed by atoms with E-state index in [0.29, 0.717) is 16.5 Å². The van der Waals surface area contributed by atoms with Crippen LogP contribution in [-0.4, -0.2) is 16.1 Å². The molecule has 3 nitrogen and oxygen atoms in total. The fourth-order valence-electron chi connectivity index (χ4n) is 1.29. The molecule has 0 saturated heterocycles. The van der Waals surface area contributed by atoms with Crippen molar-refractivity contribution in [2.24, 2.45) is 0 Å². The maximum absolute atomic E-state index is 10.8. The Kier molecular flexibility index (Phi) is 3.23. The van der Waals surface area contributed by atoms with Gasteiger partial charge in [-0.1, -0.05) is 12.1 Å². The van der Waals surface area contributed by atoms with Gasteiger partial charge in [0.05, 0.1) is 11.1 Å². The molecule has 1 heterocycles. The summed E-state index contributed by atoms with van der Waals surface area (Å²) in [5.41, 5.74) is 1.01. The predicted molar refractivity (Wildman–Crippen MR) is 48.7 cm³/mol. The SMILES string of the molecule is O=C(O)c1cccc2ncccc12.[Cu]. The average Bonchev–Trinajstić information content (AvgIpc) is 2.17. The number of pyridine rings is 1. The topological polar surface area (TPSA) is 50.2 Å². The van der Waals surface area contributed by atoms with Crippen molar-refractivity contribution in [1.29, 1.82) is 0 Å². The summed E-state index contributed by atoms with van der Waals surface area (Å²) in [5, 5.41) is 9.53. The summed E-state index contributed by atoms with van der Waals surface area (Å²) in [6, 6.07) is 8.55. The van der Waals surface area contributed by atoms with Crippen LogP contribution in [0.15, 0.2) is 36.5 Å². The van der Waals surface area contributed by atoms with Crippen LogP contribution in [0.1, 0.15) is 10.4 Å². The Morgan fingerprint density at radius 2 is 2.00 bits per heavy atom. The van der Waals surface area contributed by atoms with Crippen LogP contribution in [0.4, 0.5) is 0 Å². The fourth-order valence-corrected chi connectivity index (χ4v) is 1.29. The van der Waals surface area contributed by atoms with E-state index in [4.69, 9.17) is 5.11 Å². The van der Waals surface area contributed by atoms with Gasteiger partial charge in [-0.3, -0.25) is 4.98 Å². The molecule has 2 aromatic rings. The number of carboxylic acids is 1. The van der Waals surface area contributed by atoms with Gasteiger partial charge in [-0.25, -0.2) is 4.79 Å². The first kappa shape index (κ1) is 10.7. The van der Waals surface area contributed by atoms with Gasteiger partial charge in [0, 0.05) is 28.7 Å². The van der Waals surface area contributed by atoms with Gasteiger partial charge in [-0.2, -0.15) is 0 Å². The summed E-state index contributed by atoms with van der Waals surface area (Å²) < 4.78 is 0. The van der Waals surface area contributed by atoms with Crippen LogP contribution in [0.3, 0.4) is 0 Å². The largest absolute Gasteiger partial charge is 0.478 e. The zero-order valence-electron chi connectivity index (χ0n) is 7.07. The number of aromatic nitrogens is 1. The molecule has 0 spiro atoms. The first-order valence-corrected chi connectivity index (χ1v) is 3.86. The molecule has 0 unspecified atom stereocenters. The van der Waals surface area contributed by atoms with Crippen molar-refractivity contribution < 1.29 is 27.0 Å². The minimum atomic E-state index is -0.918. The van der Waals surface area contributed by atoms with E-state index in [1.54, 1.807) is 36.5 Å². The van der Waals surface area contributed by atoms with Gasteiger partial charge in [0.2, 0.25) is 0 Å². The second-order valence-corrected chi connectivity index (χ2v) is 2.68. The fraction of sp³-hybridized carbons (Fsp3) is 0. The molecule has 14 heavy (non-hydrogen) atoms. The van der Waals surface area contributed by atoms with Crippen LogP contribution in [0, 0.1) is 0 Å². The Labute approximate surface area is 91.2 Å². The first-order chi connectivity index (χ1) is 6.29. The quantitative estimate of drug-likeness (QED) is 0.770. The number of rotatable bonds is 1. The van der Waals surface area contributed by atoms with Crippen LogP contribution in [0.5, 0.6) is 0 Å². The van der Waals surface area contributed by atoms with Crippen molar-refractivity contribution in [2.75, 3.05) is 0 Å². The Morgan fingerprint density at radius 1 is 1.21 bits per heavy atom. The Balaban J connectivity index is 0.000000980. The number of nitrogens with zero attached hydrogens (tertiary/aromatic N) is 1. The molecule has 1 aromatic heterocycles. The Morgan fingerprint density at radius 3 is 2.71 bits per heavy atom.